The second-order valence-corrected chi connectivity index (χ2v) is 6.06. The molecule has 0 aliphatic heterocycles. The van der Waals surface area contributed by atoms with Crippen LogP contribution in [0.2, 0.25) is 0 Å². The molecule has 1 aromatic heterocycles. The van der Waals surface area contributed by atoms with Crippen molar-refractivity contribution in [1.82, 2.24) is 15.6 Å². The number of aromatic nitrogens is 1. The first-order valence-corrected chi connectivity index (χ1v) is 9.44. The lowest BCUT2D eigenvalue weighted by Crippen LogP contribution is -2.40. The van der Waals surface area contributed by atoms with Crippen LogP contribution < -0.4 is 15.4 Å². The summed E-state index contributed by atoms with van der Waals surface area (Å²) in [4.78, 5) is 8.96. The van der Waals surface area contributed by atoms with Gasteiger partial charge in [-0.05, 0) is 38.2 Å². The van der Waals surface area contributed by atoms with Crippen molar-refractivity contribution in [2.75, 3.05) is 26.3 Å². The van der Waals surface area contributed by atoms with Crippen LogP contribution in [0.15, 0.2) is 23.3 Å². The van der Waals surface area contributed by atoms with Crippen molar-refractivity contribution in [3.63, 3.8) is 0 Å². The largest absolute Gasteiger partial charge is 0.477 e. The summed E-state index contributed by atoms with van der Waals surface area (Å²) in [5.41, 5.74) is 0.980. The molecular weight excluding hydrogens is 316 g/mol. The van der Waals surface area contributed by atoms with E-state index in [0.29, 0.717) is 24.9 Å². The van der Waals surface area contributed by atoms with Gasteiger partial charge in [0.05, 0.1) is 13.2 Å². The fraction of sp³-hybridized carbons (Fsp3) is 0.684. The summed E-state index contributed by atoms with van der Waals surface area (Å²) in [7, 11) is 0. The number of rotatable bonds is 12. The van der Waals surface area contributed by atoms with E-state index >= 15 is 0 Å². The lowest BCUT2D eigenvalue weighted by Gasteiger charge is -2.18. The fourth-order valence-electron chi connectivity index (χ4n) is 2.56. The van der Waals surface area contributed by atoms with Crippen LogP contribution in [0.25, 0.3) is 0 Å². The molecule has 0 bridgehead atoms. The first kappa shape index (κ1) is 21.2. The molecule has 0 amide bonds. The second kappa shape index (κ2) is 13.5. The van der Waals surface area contributed by atoms with Crippen LogP contribution in [-0.4, -0.2) is 42.4 Å². The zero-order valence-electron chi connectivity index (χ0n) is 15.9. The van der Waals surface area contributed by atoms with Gasteiger partial charge in [-0.1, -0.05) is 26.3 Å². The zero-order valence-corrected chi connectivity index (χ0v) is 15.9. The first-order chi connectivity index (χ1) is 12.2. The lowest BCUT2D eigenvalue weighted by molar-refractivity contribution is 0.251. The molecule has 1 aromatic rings. The Morgan fingerprint density at radius 2 is 2.08 bits per heavy atom. The molecule has 25 heavy (non-hydrogen) atoms. The summed E-state index contributed by atoms with van der Waals surface area (Å²) < 4.78 is 5.69. The van der Waals surface area contributed by atoms with Gasteiger partial charge in [-0.25, -0.2) is 9.98 Å². The smallest absolute Gasteiger partial charge is 0.218 e. The van der Waals surface area contributed by atoms with Gasteiger partial charge in [0, 0.05) is 31.5 Å². The van der Waals surface area contributed by atoms with Crippen LogP contribution in [0, 0.1) is 5.92 Å². The van der Waals surface area contributed by atoms with Gasteiger partial charge in [-0.3, -0.25) is 0 Å². The molecule has 1 atom stereocenters. The van der Waals surface area contributed by atoms with E-state index in [1.807, 2.05) is 19.1 Å². The molecular formula is C19H34N4O2. The number of aliphatic hydroxyl groups is 1. The van der Waals surface area contributed by atoms with Crippen molar-refractivity contribution in [1.29, 1.82) is 0 Å². The van der Waals surface area contributed by atoms with Crippen LogP contribution in [0.3, 0.4) is 0 Å². The van der Waals surface area contributed by atoms with Crippen LogP contribution in [0.1, 0.15) is 52.0 Å². The summed E-state index contributed by atoms with van der Waals surface area (Å²) in [5, 5.41) is 15.9. The Balaban J connectivity index is 2.68. The number of hydrogen-bond acceptors (Lipinski definition) is 4. The summed E-state index contributed by atoms with van der Waals surface area (Å²) in [6, 6.07) is 3.90. The number of nitrogens with one attached hydrogen (secondary N) is 2. The number of ether oxygens (including phenoxy) is 1. The Bertz CT molecular complexity index is 488. The molecule has 3 N–H and O–H groups in total. The van der Waals surface area contributed by atoms with Crippen molar-refractivity contribution < 1.29 is 9.84 Å². The van der Waals surface area contributed by atoms with E-state index in [1.165, 1.54) is 0 Å². The average molecular weight is 351 g/mol. The molecule has 0 fully saturated rings. The van der Waals surface area contributed by atoms with Crippen LogP contribution in [0.5, 0.6) is 5.88 Å². The molecule has 0 radical (unpaired) electrons. The van der Waals surface area contributed by atoms with E-state index in [1.54, 1.807) is 6.20 Å². The molecule has 142 valence electrons. The second-order valence-electron chi connectivity index (χ2n) is 6.06. The summed E-state index contributed by atoms with van der Waals surface area (Å²) in [6.07, 6.45) is 5.73. The van der Waals surface area contributed by atoms with Crippen molar-refractivity contribution in [3.8, 4) is 5.88 Å². The van der Waals surface area contributed by atoms with E-state index < -0.39 is 0 Å². The van der Waals surface area contributed by atoms with Gasteiger partial charge in [0.15, 0.2) is 5.96 Å². The fourth-order valence-corrected chi connectivity index (χ4v) is 2.56. The highest BCUT2D eigenvalue weighted by Gasteiger charge is 2.09. The summed E-state index contributed by atoms with van der Waals surface area (Å²) in [6.45, 7) is 9.31. The highest BCUT2D eigenvalue weighted by Crippen LogP contribution is 2.15. The van der Waals surface area contributed by atoms with Gasteiger partial charge >= 0.3 is 0 Å². The Labute approximate surface area is 152 Å². The molecule has 1 heterocycles. The number of nitrogens with zero attached hydrogens (tertiary/aromatic N) is 2. The highest BCUT2D eigenvalue weighted by molar-refractivity contribution is 5.79. The van der Waals surface area contributed by atoms with Crippen LogP contribution >= 0.6 is 0 Å². The Morgan fingerprint density at radius 3 is 2.76 bits per heavy atom. The molecule has 0 saturated carbocycles. The highest BCUT2D eigenvalue weighted by atomic mass is 16.5. The normalized spacial score (nSPS) is 12.7. The molecule has 0 spiro atoms. The Kier molecular flexibility index (Phi) is 11.4. The minimum absolute atomic E-state index is 0.230. The maximum Gasteiger partial charge on any atom is 0.218 e. The van der Waals surface area contributed by atoms with Crippen molar-refractivity contribution in [2.24, 2.45) is 10.9 Å². The average Bonchev–Trinajstić information content (AvgIpc) is 2.63. The third-order valence-electron chi connectivity index (χ3n) is 3.84. The van der Waals surface area contributed by atoms with E-state index in [0.717, 1.165) is 50.3 Å². The number of aliphatic imine (C=N–C) groups is 1. The topological polar surface area (TPSA) is 78.8 Å². The predicted octanol–water partition coefficient (Wildman–Crippen LogP) is 2.72. The minimum atomic E-state index is 0.230. The maximum atomic E-state index is 9.19. The third-order valence-corrected chi connectivity index (χ3v) is 3.84. The van der Waals surface area contributed by atoms with Gasteiger partial charge < -0.3 is 20.5 Å². The molecule has 6 nitrogen and oxygen atoms in total. The van der Waals surface area contributed by atoms with E-state index in [-0.39, 0.29) is 6.61 Å². The standard InChI is InChI=1S/C19H34N4O2/c1-4-8-16(10-12-24)14-22-19(20-6-3)23-15-17-9-7-11-21-18(17)25-13-5-2/h7,9,11,16,24H,4-6,8,10,12-15H2,1-3H3,(H2,20,22,23). The van der Waals surface area contributed by atoms with E-state index in [2.05, 4.69) is 34.5 Å². The molecule has 0 aromatic carbocycles. The third kappa shape index (κ3) is 8.72. The summed E-state index contributed by atoms with van der Waals surface area (Å²) >= 11 is 0. The maximum absolute atomic E-state index is 9.19. The molecule has 0 aliphatic rings. The van der Waals surface area contributed by atoms with Crippen molar-refractivity contribution in [3.05, 3.63) is 23.9 Å². The van der Waals surface area contributed by atoms with Crippen LogP contribution in [-0.2, 0) is 6.54 Å². The SMILES string of the molecule is CCCOc1ncccc1CN=C(NCC)NCC(CCC)CCO. The van der Waals surface area contributed by atoms with Crippen molar-refractivity contribution >= 4 is 5.96 Å². The van der Waals surface area contributed by atoms with Gasteiger partial charge in [0.2, 0.25) is 5.88 Å². The quantitative estimate of drug-likeness (QED) is 0.399. The van der Waals surface area contributed by atoms with Crippen LogP contribution in [0.4, 0.5) is 0 Å². The molecule has 1 rings (SSSR count). The Hall–Kier alpha value is -1.82. The molecule has 0 aliphatic carbocycles. The number of guanidine groups is 1. The van der Waals surface area contributed by atoms with Crippen molar-refractivity contribution in [2.45, 2.75) is 53.0 Å². The monoisotopic (exact) mass is 350 g/mol. The van der Waals surface area contributed by atoms with E-state index in [4.69, 9.17) is 4.74 Å². The van der Waals surface area contributed by atoms with Gasteiger partial charge in [-0.2, -0.15) is 0 Å². The Morgan fingerprint density at radius 1 is 1.24 bits per heavy atom. The van der Waals surface area contributed by atoms with Gasteiger partial charge in [-0.15, -0.1) is 0 Å². The predicted molar refractivity (Wildman–Crippen MR) is 103 cm³/mol. The first-order valence-electron chi connectivity index (χ1n) is 9.44. The van der Waals surface area contributed by atoms with Gasteiger partial charge in [0.1, 0.15) is 0 Å². The number of pyridine rings is 1. The molecule has 1 unspecified atom stereocenters. The molecule has 6 heteroatoms. The lowest BCUT2D eigenvalue weighted by atomic mass is 10.0. The zero-order chi connectivity index (χ0) is 18.3. The number of hydrogen-bond donors (Lipinski definition) is 3. The summed E-state index contributed by atoms with van der Waals surface area (Å²) in [5.74, 6) is 1.90. The molecule has 0 saturated heterocycles. The van der Waals surface area contributed by atoms with E-state index in [9.17, 15) is 5.11 Å². The minimum Gasteiger partial charge on any atom is -0.477 e. The number of aliphatic hydroxyl groups excluding tert-OH is 1. The van der Waals surface area contributed by atoms with Gasteiger partial charge in [0.25, 0.3) is 0 Å².